The molecule has 0 radical (unpaired) electrons. The molecule has 0 saturated heterocycles. The van der Waals surface area contributed by atoms with Crippen LogP contribution in [0.15, 0.2) is 65.8 Å². The van der Waals surface area contributed by atoms with Crippen LogP contribution in [0.2, 0.25) is 0 Å². The molecule has 0 spiro atoms. The second-order valence-electron chi connectivity index (χ2n) is 5.33. The molecule has 0 aliphatic rings. The maximum absolute atomic E-state index is 5.74. The molecule has 0 atom stereocenters. The number of hydrogen-bond donors (Lipinski definition) is 0. The van der Waals surface area contributed by atoms with Gasteiger partial charge in [0.1, 0.15) is 5.75 Å². The molecule has 0 fully saturated rings. The van der Waals surface area contributed by atoms with Crippen LogP contribution in [-0.4, -0.2) is 40.8 Å². The maximum atomic E-state index is 5.74. The lowest BCUT2D eigenvalue weighted by Crippen LogP contribution is -2.08. The van der Waals surface area contributed by atoms with Crippen molar-refractivity contribution < 1.29 is 9.47 Å². The number of hydrogen-bond acceptors (Lipinski definition) is 5. The van der Waals surface area contributed by atoms with Crippen molar-refractivity contribution in [2.75, 3.05) is 26.1 Å². The fraction of sp³-hybridized carbons (Fsp3) is 0.263. The average molecular weight is 355 g/mol. The van der Waals surface area contributed by atoms with E-state index in [1.165, 1.54) is 0 Å². The van der Waals surface area contributed by atoms with E-state index in [0.717, 1.165) is 34.6 Å². The van der Waals surface area contributed by atoms with Crippen molar-refractivity contribution in [2.24, 2.45) is 0 Å². The van der Waals surface area contributed by atoms with Crippen LogP contribution in [-0.2, 0) is 11.3 Å². The van der Waals surface area contributed by atoms with Gasteiger partial charge in [0.2, 0.25) is 0 Å². The second kappa shape index (κ2) is 9.25. The number of rotatable bonds is 9. The molecule has 25 heavy (non-hydrogen) atoms. The summed E-state index contributed by atoms with van der Waals surface area (Å²) in [4.78, 5) is 0. The van der Waals surface area contributed by atoms with Gasteiger partial charge in [0, 0.05) is 18.4 Å². The average Bonchev–Trinajstić information content (AvgIpc) is 3.08. The Morgan fingerprint density at radius 2 is 1.64 bits per heavy atom. The lowest BCUT2D eigenvalue weighted by Gasteiger charge is -2.10. The van der Waals surface area contributed by atoms with E-state index >= 15 is 0 Å². The zero-order chi connectivity index (χ0) is 17.3. The third-order valence-electron chi connectivity index (χ3n) is 3.59. The minimum absolute atomic E-state index is 0.617. The number of ether oxygens (including phenoxy) is 2. The van der Waals surface area contributed by atoms with E-state index in [0.29, 0.717) is 13.2 Å². The molecule has 3 aromatic rings. The number of nitrogens with zero attached hydrogens (tertiary/aromatic N) is 3. The van der Waals surface area contributed by atoms with Gasteiger partial charge in [0.15, 0.2) is 11.0 Å². The van der Waals surface area contributed by atoms with Crippen molar-refractivity contribution in [2.45, 2.75) is 11.7 Å². The van der Waals surface area contributed by atoms with Crippen molar-refractivity contribution in [3.63, 3.8) is 0 Å². The van der Waals surface area contributed by atoms with Gasteiger partial charge in [-0.25, -0.2) is 0 Å². The molecule has 1 heterocycles. The highest BCUT2D eigenvalue weighted by Gasteiger charge is 2.14. The fourth-order valence-corrected chi connectivity index (χ4v) is 3.17. The molecular formula is C19H21N3O2S. The first kappa shape index (κ1) is 17.5. The summed E-state index contributed by atoms with van der Waals surface area (Å²) in [5.41, 5.74) is 1.05. The summed E-state index contributed by atoms with van der Waals surface area (Å²) in [7, 11) is 1.70. The van der Waals surface area contributed by atoms with E-state index in [1.54, 1.807) is 18.9 Å². The third kappa shape index (κ3) is 4.84. The van der Waals surface area contributed by atoms with Crippen LogP contribution < -0.4 is 4.74 Å². The standard InChI is InChI=1S/C19H21N3O2S/c1-23-13-12-22-18(16-8-4-2-5-9-16)20-21-19(22)25-15-14-24-17-10-6-3-7-11-17/h2-11H,12-15H2,1H3. The van der Waals surface area contributed by atoms with E-state index in [4.69, 9.17) is 9.47 Å². The first-order chi connectivity index (χ1) is 12.4. The van der Waals surface area contributed by atoms with Crippen LogP contribution in [0.3, 0.4) is 0 Å². The van der Waals surface area contributed by atoms with E-state index in [2.05, 4.69) is 14.8 Å². The van der Waals surface area contributed by atoms with E-state index in [1.807, 2.05) is 60.7 Å². The number of methoxy groups -OCH3 is 1. The molecule has 0 aliphatic carbocycles. The van der Waals surface area contributed by atoms with Gasteiger partial charge >= 0.3 is 0 Å². The summed E-state index contributed by atoms with van der Waals surface area (Å²) in [5.74, 6) is 2.55. The molecule has 0 amide bonds. The lowest BCUT2D eigenvalue weighted by molar-refractivity contribution is 0.185. The van der Waals surface area contributed by atoms with Crippen molar-refractivity contribution >= 4 is 11.8 Å². The Balaban J connectivity index is 1.65. The highest BCUT2D eigenvalue weighted by atomic mass is 32.2. The normalized spacial score (nSPS) is 10.8. The maximum Gasteiger partial charge on any atom is 0.191 e. The Labute approximate surface area is 152 Å². The number of benzene rings is 2. The molecule has 0 aliphatic heterocycles. The van der Waals surface area contributed by atoms with E-state index < -0.39 is 0 Å². The topological polar surface area (TPSA) is 49.2 Å². The third-order valence-corrected chi connectivity index (χ3v) is 4.53. The number of para-hydroxylation sites is 1. The first-order valence-corrected chi connectivity index (χ1v) is 9.15. The molecule has 0 N–H and O–H groups in total. The number of thioether (sulfide) groups is 1. The van der Waals surface area contributed by atoms with Crippen LogP contribution >= 0.6 is 11.8 Å². The van der Waals surface area contributed by atoms with Gasteiger partial charge in [-0.3, -0.25) is 4.57 Å². The Morgan fingerprint density at radius 1 is 0.920 bits per heavy atom. The van der Waals surface area contributed by atoms with E-state index in [-0.39, 0.29) is 0 Å². The first-order valence-electron chi connectivity index (χ1n) is 8.16. The molecule has 2 aromatic carbocycles. The highest BCUT2D eigenvalue weighted by molar-refractivity contribution is 7.99. The van der Waals surface area contributed by atoms with Gasteiger partial charge in [0.25, 0.3) is 0 Å². The predicted molar refractivity (Wildman–Crippen MR) is 100.0 cm³/mol. The van der Waals surface area contributed by atoms with Crippen LogP contribution in [0.1, 0.15) is 0 Å². The summed E-state index contributed by atoms with van der Waals surface area (Å²) in [6.45, 7) is 1.95. The quantitative estimate of drug-likeness (QED) is 0.432. The molecule has 0 unspecified atom stereocenters. The van der Waals surface area contributed by atoms with Crippen LogP contribution in [0.5, 0.6) is 5.75 Å². The Bertz CT molecular complexity index is 763. The van der Waals surface area contributed by atoms with Crippen molar-refractivity contribution in [1.82, 2.24) is 14.8 Å². The predicted octanol–water partition coefficient (Wildman–Crippen LogP) is 3.76. The summed E-state index contributed by atoms with van der Waals surface area (Å²) in [5, 5.41) is 9.61. The van der Waals surface area contributed by atoms with Crippen LogP contribution in [0.25, 0.3) is 11.4 Å². The van der Waals surface area contributed by atoms with Gasteiger partial charge in [-0.15, -0.1) is 10.2 Å². The summed E-state index contributed by atoms with van der Waals surface area (Å²) in [6, 6.07) is 19.9. The van der Waals surface area contributed by atoms with Crippen molar-refractivity contribution in [3.05, 3.63) is 60.7 Å². The largest absolute Gasteiger partial charge is 0.493 e. The summed E-state index contributed by atoms with van der Waals surface area (Å²) < 4.78 is 13.1. The van der Waals surface area contributed by atoms with Gasteiger partial charge in [-0.2, -0.15) is 0 Å². The summed E-state index contributed by atoms with van der Waals surface area (Å²) >= 11 is 1.64. The zero-order valence-corrected chi connectivity index (χ0v) is 15.0. The molecule has 130 valence electrons. The van der Waals surface area contributed by atoms with E-state index in [9.17, 15) is 0 Å². The van der Waals surface area contributed by atoms with Crippen molar-refractivity contribution in [1.29, 1.82) is 0 Å². The lowest BCUT2D eigenvalue weighted by atomic mass is 10.2. The molecule has 0 bridgehead atoms. The smallest absolute Gasteiger partial charge is 0.191 e. The second-order valence-corrected chi connectivity index (χ2v) is 6.39. The molecule has 1 aromatic heterocycles. The SMILES string of the molecule is COCCn1c(SCCOc2ccccc2)nnc1-c1ccccc1. The highest BCUT2D eigenvalue weighted by Crippen LogP contribution is 2.24. The van der Waals surface area contributed by atoms with Crippen molar-refractivity contribution in [3.8, 4) is 17.1 Å². The number of aromatic nitrogens is 3. The molecule has 5 nitrogen and oxygen atoms in total. The zero-order valence-electron chi connectivity index (χ0n) is 14.2. The molecule has 0 saturated carbocycles. The minimum Gasteiger partial charge on any atom is -0.493 e. The van der Waals surface area contributed by atoms with Gasteiger partial charge in [0.05, 0.1) is 19.8 Å². The molecular weight excluding hydrogens is 334 g/mol. The fourth-order valence-electron chi connectivity index (χ4n) is 2.39. The Morgan fingerprint density at radius 3 is 2.36 bits per heavy atom. The van der Waals surface area contributed by atoms with Gasteiger partial charge < -0.3 is 9.47 Å². The molecule has 6 heteroatoms. The minimum atomic E-state index is 0.617. The summed E-state index contributed by atoms with van der Waals surface area (Å²) in [6.07, 6.45) is 0. The monoisotopic (exact) mass is 355 g/mol. The van der Waals surface area contributed by atoms with Gasteiger partial charge in [-0.05, 0) is 12.1 Å². The van der Waals surface area contributed by atoms with Crippen LogP contribution in [0, 0.1) is 0 Å². The molecule has 3 rings (SSSR count). The van der Waals surface area contributed by atoms with Crippen LogP contribution in [0.4, 0.5) is 0 Å². The Hall–Kier alpha value is -2.31. The Kier molecular flexibility index (Phi) is 6.48. The van der Waals surface area contributed by atoms with Gasteiger partial charge in [-0.1, -0.05) is 60.3 Å².